The van der Waals surface area contributed by atoms with Gasteiger partial charge in [-0.15, -0.1) is 10.2 Å². The Hall–Kier alpha value is -2.54. The maximum Gasteiger partial charge on any atom is 0.277 e. The molecule has 0 saturated carbocycles. The van der Waals surface area contributed by atoms with E-state index in [1.807, 2.05) is 25.1 Å². The van der Waals surface area contributed by atoms with Crippen molar-refractivity contribution in [3.63, 3.8) is 0 Å². The van der Waals surface area contributed by atoms with Gasteiger partial charge in [-0.2, -0.15) is 0 Å². The Morgan fingerprint density at radius 3 is 2.80 bits per heavy atom. The van der Waals surface area contributed by atoms with E-state index in [0.717, 1.165) is 24.2 Å². The van der Waals surface area contributed by atoms with Gasteiger partial charge in [-0.05, 0) is 31.4 Å². The minimum absolute atomic E-state index is 0.0442. The first-order valence-electron chi connectivity index (χ1n) is 8.04. The third kappa shape index (κ3) is 4.96. The van der Waals surface area contributed by atoms with Crippen molar-refractivity contribution < 1.29 is 13.6 Å². The number of nitrogens with zero attached hydrogens (tertiary/aromatic N) is 2. The molecule has 0 atom stereocenters. The summed E-state index contributed by atoms with van der Waals surface area (Å²) in [6, 6.07) is 12.0. The van der Waals surface area contributed by atoms with Crippen molar-refractivity contribution in [1.29, 1.82) is 0 Å². The quantitative estimate of drug-likeness (QED) is 0.491. The topological polar surface area (TPSA) is 81.2 Å². The summed E-state index contributed by atoms with van der Waals surface area (Å²) in [6.07, 6.45) is 3.43. The molecular weight excluding hydrogens is 338 g/mol. The van der Waals surface area contributed by atoms with E-state index in [1.54, 1.807) is 12.3 Å². The first kappa shape index (κ1) is 17.3. The van der Waals surface area contributed by atoms with Crippen LogP contribution < -0.4 is 5.32 Å². The minimum Gasteiger partial charge on any atom is -0.469 e. The van der Waals surface area contributed by atoms with Crippen LogP contribution in [0.1, 0.15) is 17.7 Å². The molecule has 0 fully saturated rings. The lowest BCUT2D eigenvalue weighted by Crippen LogP contribution is -2.26. The van der Waals surface area contributed by atoms with E-state index in [9.17, 15) is 4.79 Å². The van der Waals surface area contributed by atoms with Crippen molar-refractivity contribution >= 4 is 17.7 Å². The summed E-state index contributed by atoms with van der Waals surface area (Å²) in [6.45, 7) is 2.48. The molecule has 130 valence electrons. The maximum atomic E-state index is 11.9. The first-order chi connectivity index (χ1) is 12.2. The summed E-state index contributed by atoms with van der Waals surface area (Å²) in [4.78, 5) is 11.9. The summed E-state index contributed by atoms with van der Waals surface area (Å²) in [5.74, 6) is 1.32. The van der Waals surface area contributed by atoms with Gasteiger partial charge < -0.3 is 14.2 Å². The highest BCUT2D eigenvalue weighted by Gasteiger charge is 2.14. The molecule has 2 heterocycles. The van der Waals surface area contributed by atoms with Gasteiger partial charge >= 0.3 is 0 Å². The molecule has 0 radical (unpaired) electrons. The molecule has 25 heavy (non-hydrogen) atoms. The highest BCUT2D eigenvalue weighted by atomic mass is 32.2. The number of aryl methyl sites for hydroxylation is 2. The van der Waals surface area contributed by atoms with Gasteiger partial charge in [0.25, 0.3) is 11.1 Å². The van der Waals surface area contributed by atoms with Gasteiger partial charge in [0.2, 0.25) is 5.91 Å². The monoisotopic (exact) mass is 357 g/mol. The summed E-state index contributed by atoms with van der Waals surface area (Å²) in [5, 5.41) is 11.2. The van der Waals surface area contributed by atoms with Crippen LogP contribution in [0, 0.1) is 6.92 Å². The van der Waals surface area contributed by atoms with Gasteiger partial charge in [0.1, 0.15) is 5.76 Å². The fourth-order valence-corrected chi connectivity index (χ4v) is 2.92. The number of nitrogens with one attached hydrogen (secondary N) is 1. The van der Waals surface area contributed by atoms with E-state index in [-0.39, 0.29) is 11.7 Å². The van der Waals surface area contributed by atoms with Crippen molar-refractivity contribution in [2.24, 2.45) is 0 Å². The van der Waals surface area contributed by atoms with E-state index in [2.05, 4.69) is 27.6 Å². The highest BCUT2D eigenvalue weighted by Crippen LogP contribution is 2.26. The zero-order chi connectivity index (χ0) is 17.5. The van der Waals surface area contributed by atoms with Crippen LogP contribution in [0.25, 0.3) is 11.5 Å². The van der Waals surface area contributed by atoms with E-state index in [1.165, 1.54) is 17.3 Å². The van der Waals surface area contributed by atoms with Crippen molar-refractivity contribution in [2.75, 3.05) is 12.3 Å². The number of amides is 1. The van der Waals surface area contributed by atoms with Crippen LogP contribution in [-0.4, -0.2) is 28.4 Å². The largest absolute Gasteiger partial charge is 0.469 e. The number of thioether (sulfide) groups is 1. The normalized spacial score (nSPS) is 10.8. The van der Waals surface area contributed by atoms with Crippen LogP contribution in [0.15, 0.2) is 56.7 Å². The lowest BCUT2D eigenvalue weighted by molar-refractivity contribution is -0.118. The molecular formula is C18H19N3O3S. The van der Waals surface area contributed by atoms with Crippen LogP contribution in [0.3, 0.4) is 0 Å². The predicted octanol–water partition coefficient (Wildman–Crippen LogP) is 3.48. The number of furan rings is 1. The molecule has 1 N–H and O–H groups in total. The molecule has 0 aliphatic carbocycles. The summed E-state index contributed by atoms with van der Waals surface area (Å²) < 4.78 is 10.8. The molecule has 0 bridgehead atoms. The number of carbonyl (C=O) groups is 1. The Morgan fingerprint density at radius 2 is 2.04 bits per heavy atom. The average Bonchev–Trinajstić information content (AvgIpc) is 3.26. The molecule has 1 amide bonds. The maximum absolute atomic E-state index is 11.9. The number of hydrogen-bond donors (Lipinski definition) is 1. The standard InChI is InChI=1S/C18H19N3O3S/c1-13-15(9-11-23-13)17-20-21-18(24-17)25-12-16(22)19-10-5-8-14-6-3-2-4-7-14/h2-4,6-7,9,11H,5,8,10,12H2,1H3,(H,19,22). The number of carbonyl (C=O) groups excluding carboxylic acids is 1. The van der Waals surface area contributed by atoms with Gasteiger partial charge in [0.15, 0.2) is 0 Å². The van der Waals surface area contributed by atoms with Gasteiger partial charge in [-0.25, -0.2) is 0 Å². The summed E-state index contributed by atoms with van der Waals surface area (Å²) in [7, 11) is 0. The lowest BCUT2D eigenvalue weighted by atomic mass is 10.1. The second kappa shape index (κ2) is 8.53. The Kier molecular flexibility index (Phi) is 5.90. The van der Waals surface area contributed by atoms with Crippen molar-refractivity contribution in [2.45, 2.75) is 25.0 Å². The van der Waals surface area contributed by atoms with Crippen LogP contribution in [0.5, 0.6) is 0 Å². The fraction of sp³-hybridized carbons (Fsp3) is 0.278. The smallest absolute Gasteiger partial charge is 0.277 e. The van der Waals surface area contributed by atoms with Gasteiger partial charge in [0.05, 0.1) is 17.6 Å². The zero-order valence-corrected chi connectivity index (χ0v) is 14.7. The Morgan fingerprint density at radius 1 is 1.20 bits per heavy atom. The molecule has 3 aromatic rings. The molecule has 0 unspecified atom stereocenters. The fourth-order valence-electron chi connectivity index (χ4n) is 2.33. The van der Waals surface area contributed by atoms with E-state index >= 15 is 0 Å². The molecule has 0 aliphatic rings. The number of benzene rings is 1. The molecule has 0 spiro atoms. The number of rotatable bonds is 8. The van der Waals surface area contributed by atoms with Crippen molar-refractivity contribution in [1.82, 2.24) is 15.5 Å². The van der Waals surface area contributed by atoms with Gasteiger partial charge in [-0.1, -0.05) is 42.1 Å². The van der Waals surface area contributed by atoms with Gasteiger partial charge in [-0.3, -0.25) is 4.79 Å². The van der Waals surface area contributed by atoms with Crippen LogP contribution in [-0.2, 0) is 11.2 Å². The van der Waals surface area contributed by atoms with Crippen LogP contribution >= 0.6 is 11.8 Å². The molecule has 6 nitrogen and oxygen atoms in total. The second-order valence-corrected chi connectivity index (χ2v) is 6.42. The molecule has 0 aliphatic heterocycles. The number of hydrogen-bond acceptors (Lipinski definition) is 6. The van der Waals surface area contributed by atoms with E-state index < -0.39 is 0 Å². The van der Waals surface area contributed by atoms with E-state index in [0.29, 0.717) is 17.7 Å². The first-order valence-corrected chi connectivity index (χ1v) is 9.02. The zero-order valence-electron chi connectivity index (χ0n) is 13.9. The molecule has 7 heteroatoms. The van der Waals surface area contributed by atoms with Crippen molar-refractivity contribution in [3.8, 4) is 11.5 Å². The Balaban J connectivity index is 1.38. The SMILES string of the molecule is Cc1occc1-c1nnc(SCC(=O)NCCCc2ccccc2)o1. The lowest BCUT2D eigenvalue weighted by Gasteiger charge is -2.04. The molecule has 3 rings (SSSR count). The van der Waals surface area contributed by atoms with Crippen molar-refractivity contribution in [3.05, 3.63) is 54.0 Å². The third-order valence-corrected chi connectivity index (χ3v) is 4.45. The average molecular weight is 357 g/mol. The predicted molar refractivity (Wildman–Crippen MR) is 95.2 cm³/mol. The Labute approximate surface area is 150 Å². The van der Waals surface area contributed by atoms with E-state index in [4.69, 9.17) is 8.83 Å². The summed E-state index contributed by atoms with van der Waals surface area (Å²) >= 11 is 1.22. The summed E-state index contributed by atoms with van der Waals surface area (Å²) in [5.41, 5.74) is 2.05. The second-order valence-electron chi connectivity index (χ2n) is 5.49. The molecule has 2 aromatic heterocycles. The molecule has 0 saturated heterocycles. The highest BCUT2D eigenvalue weighted by molar-refractivity contribution is 7.99. The van der Waals surface area contributed by atoms with Crippen LogP contribution in [0.2, 0.25) is 0 Å². The third-order valence-electron chi connectivity index (χ3n) is 3.63. The van der Waals surface area contributed by atoms with Crippen LogP contribution in [0.4, 0.5) is 0 Å². The number of aromatic nitrogens is 2. The minimum atomic E-state index is -0.0442. The Bertz CT molecular complexity index is 814. The van der Waals surface area contributed by atoms with Gasteiger partial charge in [0, 0.05) is 6.54 Å². The molecule has 1 aromatic carbocycles.